The highest BCUT2D eigenvalue weighted by Gasteiger charge is 2.03. The van der Waals surface area contributed by atoms with Gasteiger partial charge >= 0.3 is 0 Å². The SMILES string of the molecule is Fc1ccc(CNc2ccc(-c3nccs3)cc2)cc1F. The van der Waals surface area contributed by atoms with Gasteiger partial charge in [0, 0.05) is 29.4 Å². The molecule has 1 aromatic heterocycles. The molecule has 0 atom stereocenters. The molecule has 0 bridgehead atoms. The molecule has 0 radical (unpaired) electrons. The zero-order chi connectivity index (χ0) is 14.7. The Balaban J connectivity index is 1.66. The van der Waals surface area contributed by atoms with Gasteiger partial charge in [-0.1, -0.05) is 6.07 Å². The molecular formula is C16H12F2N2S. The molecule has 0 aliphatic rings. The van der Waals surface area contributed by atoms with Crippen molar-refractivity contribution in [2.24, 2.45) is 0 Å². The van der Waals surface area contributed by atoms with Crippen LogP contribution in [0.2, 0.25) is 0 Å². The summed E-state index contributed by atoms with van der Waals surface area (Å²) in [6.45, 7) is 0.438. The van der Waals surface area contributed by atoms with E-state index in [0.29, 0.717) is 12.1 Å². The molecule has 0 aliphatic heterocycles. The fraction of sp³-hybridized carbons (Fsp3) is 0.0625. The Morgan fingerprint density at radius 1 is 1.00 bits per heavy atom. The maximum Gasteiger partial charge on any atom is 0.159 e. The highest BCUT2D eigenvalue weighted by molar-refractivity contribution is 7.13. The zero-order valence-electron chi connectivity index (χ0n) is 11.0. The van der Waals surface area contributed by atoms with Crippen molar-refractivity contribution in [2.45, 2.75) is 6.54 Å². The molecule has 2 nitrogen and oxygen atoms in total. The molecule has 0 unspecified atom stereocenters. The summed E-state index contributed by atoms with van der Waals surface area (Å²) in [5.41, 5.74) is 2.67. The van der Waals surface area contributed by atoms with Crippen LogP contribution < -0.4 is 5.32 Å². The lowest BCUT2D eigenvalue weighted by Crippen LogP contribution is -2.00. The van der Waals surface area contributed by atoms with Gasteiger partial charge in [0.15, 0.2) is 11.6 Å². The van der Waals surface area contributed by atoms with Crippen LogP contribution >= 0.6 is 11.3 Å². The maximum atomic E-state index is 13.1. The van der Waals surface area contributed by atoms with Crippen molar-refractivity contribution in [1.29, 1.82) is 0 Å². The van der Waals surface area contributed by atoms with E-state index in [2.05, 4.69) is 10.3 Å². The van der Waals surface area contributed by atoms with Gasteiger partial charge in [-0.05, 0) is 42.0 Å². The fourth-order valence-corrected chi connectivity index (χ4v) is 2.59. The predicted octanol–water partition coefficient (Wildman–Crippen LogP) is 4.70. The first-order valence-corrected chi connectivity index (χ1v) is 7.28. The Labute approximate surface area is 125 Å². The Kier molecular flexibility index (Phi) is 3.92. The van der Waals surface area contributed by atoms with Crippen molar-refractivity contribution in [3.05, 3.63) is 71.2 Å². The van der Waals surface area contributed by atoms with Crippen LogP contribution in [0.5, 0.6) is 0 Å². The van der Waals surface area contributed by atoms with Gasteiger partial charge in [0.05, 0.1) is 0 Å². The first-order valence-electron chi connectivity index (χ1n) is 6.40. The average Bonchev–Trinajstić information content (AvgIpc) is 3.03. The van der Waals surface area contributed by atoms with Crippen LogP contribution in [0.1, 0.15) is 5.56 Å². The summed E-state index contributed by atoms with van der Waals surface area (Å²) in [5.74, 6) is -1.65. The molecule has 3 rings (SSSR count). The van der Waals surface area contributed by atoms with Gasteiger partial charge in [0.2, 0.25) is 0 Å². The summed E-state index contributed by atoms with van der Waals surface area (Å²) >= 11 is 1.59. The number of halogens is 2. The molecule has 0 fully saturated rings. The monoisotopic (exact) mass is 302 g/mol. The van der Waals surface area contributed by atoms with Crippen LogP contribution in [0, 0.1) is 11.6 Å². The summed E-state index contributed by atoms with van der Waals surface area (Å²) in [7, 11) is 0. The number of nitrogens with one attached hydrogen (secondary N) is 1. The largest absolute Gasteiger partial charge is 0.381 e. The molecule has 0 spiro atoms. The average molecular weight is 302 g/mol. The van der Waals surface area contributed by atoms with E-state index in [1.807, 2.05) is 29.6 Å². The number of benzene rings is 2. The quantitative estimate of drug-likeness (QED) is 0.755. The number of anilines is 1. The Morgan fingerprint density at radius 2 is 1.81 bits per heavy atom. The standard InChI is InChI=1S/C16H12F2N2S/c17-14-6-1-11(9-15(14)18)10-20-13-4-2-12(3-5-13)16-19-7-8-21-16/h1-9,20H,10H2. The normalized spacial score (nSPS) is 10.6. The van der Waals surface area contributed by atoms with Gasteiger partial charge in [0.25, 0.3) is 0 Å². The van der Waals surface area contributed by atoms with E-state index >= 15 is 0 Å². The van der Waals surface area contributed by atoms with E-state index < -0.39 is 11.6 Å². The second kappa shape index (κ2) is 6.01. The molecule has 5 heteroatoms. The van der Waals surface area contributed by atoms with Crippen LogP contribution in [0.15, 0.2) is 54.0 Å². The van der Waals surface area contributed by atoms with Crippen LogP contribution in [-0.4, -0.2) is 4.98 Å². The summed E-state index contributed by atoms with van der Waals surface area (Å²) in [4.78, 5) is 4.25. The van der Waals surface area contributed by atoms with Crippen molar-refractivity contribution < 1.29 is 8.78 Å². The third kappa shape index (κ3) is 3.25. The molecule has 2 aromatic carbocycles. The maximum absolute atomic E-state index is 13.1. The third-order valence-electron chi connectivity index (χ3n) is 3.04. The first kappa shape index (κ1) is 13.7. The zero-order valence-corrected chi connectivity index (χ0v) is 11.8. The second-order valence-electron chi connectivity index (χ2n) is 4.52. The van der Waals surface area contributed by atoms with Gasteiger partial charge in [0.1, 0.15) is 5.01 Å². The van der Waals surface area contributed by atoms with E-state index in [4.69, 9.17) is 0 Å². The van der Waals surface area contributed by atoms with Crippen LogP contribution in [0.3, 0.4) is 0 Å². The minimum absolute atomic E-state index is 0.438. The number of rotatable bonds is 4. The summed E-state index contributed by atoms with van der Waals surface area (Å²) in [5, 5.41) is 6.08. The summed E-state index contributed by atoms with van der Waals surface area (Å²) in [6, 6.07) is 11.7. The van der Waals surface area contributed by atoms with E-state index in [1.54, 1.807) is 23.6 Å². The lowest BCUT2D eigenvalue weighted by Gasteiger charge is -2.07. The smallest absolute Gasteiger partial charge is 0.159 e. The number of hydrogen-bond donors (Lipinski definition) is 1. The van der Waals surface area contributed by atoms with Crippen molar-refractivity contribution in [2.75, 3.05) is 5.32 Å². The van der Waals surface area contributed by atoms with E-state index in [9.17, 15) is 8.78 Å². The van der Waals surface area contributed by atoms with Gasteiger partial charge in [-0.25, -0.2) is 13.8 Å². The summed E-state index contributed by atoms with van der Waals surface area (Å²) < 4.78 is 25.9. The number of aromatic nitrogens is 1. The van der Waals surface area contributed by atoms with Crippen LogP contribution in [-0.2, 0) is 6.54 Å². The Hall–Kier alpha value is -2.27. The lowest BCUT2D eigenvalue weighted by atomic mass is 10.2. The molecule has 1 heterocycles. The summed E-state index contributed by atoms with van der Waals surface area (Å²) in [6.07, 6.45) is 1.77. The van der Waals surface area contributed by atoms with Crippen LogP contribution in [0.25, 0.3) is 10.6 Å². The Morgan fingerprint density at radius 3 is 2.48 bits per heavy atom. The van der Waals surface area contributed by atoms with Crippen molar-refractivity contribution in [1.82, 2.24) is 4.98 Å². The predicted molar refractivity (Wildman–Crippen MR) is 81.2 cm³/mol. The van der Waals surface area contributed by atoms with Gasteiger partial charge in [-0.2, -0.15) is 0 Å². The Bertz CT molecular complexity index is 725. The highest BCUT2D eigenvalue weighted by Crippen LogP contribution is 2.23. The minimum Gasteiger partial charge on any atom is -0.381 e. The topological polar surface area (TPSA) is 24.9 Å². The molecule has 0 saturated carbocycles. The van der Waals surface area contributed by atoms with Gasteiger partial charge in [-0.3, -0.25) is 0 Å². The molecule has 3 aromatic rings. The van der Waals surface area contributed by atoms with E-state index in [0.717, 1.165) is 22.3 Å². The number of nitrogens with zero attached hydrogens (tertiary/aromatic N) is 1. The second-order valence-corrected chi connectivity index (χ2v) is 5.41. The molecule has 0 aliphatic carbocycles. The van der Waals surface area contributed by atoms with Gasteiger partial charge < -0.3 is 5.32 Å². The van der Waals surface area contributed by atoms with Crippen molar-refractivity contribution in [3.8, 4) is 10.6 Å². The van der Waals surface area contributed by atoms with Crippen molar-refractivity contribution in [3.63, 3.8) is 0 Å². The molecule has 0 saturated heterocycles. The van der Waals surface area contributed by atoms with E-state index in [-0.39, 0.29) is 0 Å². The van der Waals surface area contributed by atoms with Crippen molar-refractivity contribution >= 4 is 17.0 Å². The lowest BCUT2D eigenvalue weighted by molar-refractivity contribution is 0.507. The van der Waals surface area contributed by atoms with E-state index in [1.165, 1.54) is 6.07 Å². The van der Waals surface area contributed by atoms with Crippen LogP contribution in [0.4, 0.5) is 14.5 Å². The molecule has 1 N–H and O–H groups in total. The fourth-order valence-electron chi connectivity index (χ4n) is 1.95. The number of hydrogen-bond acceptors (Lipinski definition) is 3. The molecular weight excluding hydrogens is 290 g/mol. The first-order chi connectivity index (χ1) is 10.2. The molecule has 0 amide bonds. The van der Waals surface area contributed by atoms with Gasteiger partial charge in [-0.15, -0.1) is 11.3 Å². The minimum atomic E-state index is -0.827. The molecule has 106 valence electrons. The molecule has 21 heavy (non-hydrogen) atoms. The third-order valence-corrected chi connectivity index (χ3v) is 3.87. The number of thiazole rings is 1. The highest BCUT2D eigenvalue weighted by atomic mass is 32.1.